The van der Waals surface area contributed by atoms with Crippen LogP contribution < -0.4 is 0 Å². The Balaban J connectivity index is 3.30. The number of carbonyl (C=O) groups is 2. The lowest BCUT2D eigenvalue weighted by molar-refractivity contribution is -0.186. The van der Waals surface area contributed by atoms with Crippen LogP contribution in [0.25, 0.3) is 0 Å². The first-order valence-electron chi connectivity index (χ1n) is 11.2. The summed E-state index contributed by atoms with van der Waals surface area (Å²) in [6.45, 7) is 1.00. The molecule has 0 aromatic heterocycles. The van der Waals surface area contributed by atoms with E-state index < -0.39 is 24.7 Å². The van der Waals surface area contributed by atoms with Crippen LogP contribution in [0.2, 0.25) is 0 Å². The Labute approximate surface area is 173 Å². The predicted octanol–water partition coefficient (Wildman–Crippen LogP) is 6.90. The minimum atomic E-state index is -4.53. The van der Waals surface area contributed by atoms with Gasteiger partial charge in [-0.2, -0.15) is 13.2 Å². The van der Waals surface area contributed by atoms with Gasteiger partial charge in [-0.05, 0) is 12.8 Å². The van der Waals surface area contributed by atoms with Crippen LogP contribution in [0.3, 0.4) is 0 Å². The Kier molecular flexibility index (Phi) is 17.9. The summed E-state index contributed by atoms with van der Waals surface area (Å²) >= 11 is 0. The van der Waals surface area contributed by atoms with Crippen LogP contribution >= 0.6 is 0 Å². The van der Waals surface area contributed by atoms with Gasteiger partial charge in [-0.1, -0.05) is 84.0 Å². The van der Waals surface area contributed by atoms with Crippen LogP contribution in [0.4, 0.5) is 13.2 Å². The van der Waals surface area contributed by atoms with Crippen molar-refractivity contribution in [1.29, 1.82) is 0 Å². The zero-order valence-electron chi connectivity index (χ0n) is 18.0. The summed E-state index contributed by atoms with van der Waals surface area (Å²) in [6, 6.07) is 0. The van der Waals surface area contributed by atoms with Crippen LogP contribution in [0.5, 0.6) is 0 Å². The molecule has 7 heteroatoms. The first-order valence-corrected chi connectivity index (χ1v) is 11.2. The Morgan fingerprint density at radius 3 is 1.48 bits per heavy atom. The smallest absolute Gasteiger partial charge is 0.422 e. The lowest BCUT2D eigenvalue weighted by Gasteiger charge is -2.08. The fourth-order valence-corrected chi connectivity index (χ4v) is 2.99. The summed E-state index contributed by atoms with van der Waals surface area (Å²) in [5.74, 6) is -1.38. The first kappa shape index (κ1) is 27.7. The number of hydrogen-bond acceptors (Lipinski definition) is 4. The lowest BCUT2D eigenvalue weighted by Crippen LogP contribution is -2.20. The van der Waals surface area contributed by atoms with E-state index >= 15 is 0 Å². The van der Waals surface area contributed by atoms with E-state index in [1.165, 1.54) is 64.2 Å². The number of carbonyl (C=O) groups excluding carboxylic acids is 2. The normalized spacial score (nSPS) is 11.4. The second kappa shape index (κ2) is 18.7. The molecule has 0 aromatic rings. The average molecular weight is 425 g/mol. The quantitative estimate of drug-likeness (QED) is 0.167. The SMILES string of the molecule is CCCCCCCCCCCCCCCOC(=O)CCCC(=O)OCC(F)(F)F. The molecule has 0 N–H and O–H groups in total. The highest BCUT2D eigenvalue weighted by atomic mass is 19.4. The molecule has 0 bridgehead atoms. The van der Waals surface area contributed by atoms with E-state index in [1.54, 1.807) is 0 Å². The minimum Gasteiger partial charge on any atom is -0.466 e. The molecule has 0 aliphatic heterocycles. The van der Waals surface area contributed by atoms with E-state index in [1.807, 2.05) is 0 Å². The van der Waals surface area contributed by atoms with Gasteiger partial charge in [-0.3, -0.25) is 9.59 Å². The summed E-state index contributed by atoms with van der Waals surface area (Å²) in [6.07, 6.45) is 11.6. The summed E-state index contributed by atoms with van der Waals surface area (Å²) in [7, 11) is 0. The molecule has 0 unspecified atom stereocenters. The third-order valence-electron chi connectivity index (χ3n) is 4.67. The summed E-state index contributed by atoms with van der Waals surface area (Å²) in [5.41, 5.74) is 0. The highest BCUT2D eigenvalue weighted by molar-refractivity contribution is 5.72. The van der Waals surface area contributed by atoms with Crippen molar-refractivity contribution in [3.05, 3.63) is 0 Å². The van der Waals surface area contributed by atoms with Gasteiger partial charge in [0.15, 0.2) is 6.61 Å². The molecule has 4 nitrogen and oxygen atoms in total. The minimum absolute atomic E-state index is 0.0135. The molecule has 0 heterocycles. The summed E-state index contributed by atoms with van der Waals surface area (Å²) in [5, 5.41) is 0. The molecule has 0 amide bonds. The molecule has 0 radical (unpaired) electrons. The standard InChI is InChI=1S/C22H39F3O4/c1-2-3-4-5-6-7-8-9-10-11-12-13-14-18-28-20(26)16-15-17-21(27)29-19-22(23,24)25/h2-19H2,1H3. The van der Waals surface area contributed by atoms with Gasteiger partial charge in [0.05, 0.1) is 6.61 Å². The third-order valence-corrected chi connectivity index (χ3v) is 4.67. The van der Waals surface area contributed by atoms with Crippen LogP contribution in [-0.2, 0) is 19.1 Å². The van der Waals surface area contributed by atoms with E-state index in [9.17, 15) is 22.8 Å². The molecule has 29 heavy (non-hydrogen) atoms. The summed E-state index contributed by atoms with van der Waals surface area (Å²) in [4.78, 5) is 22.6. The maximum atomic E-state index is 11.9. The van der Waals surface area contributed by atoms with Crippen molar-refractivity contribution in [2.75, 3.05) is 13.2 Å². The van der Waals surface area contributed by atoms with Gasteiger partial charge in [-0.15, -0.1) is 0 Å². The molecular weight excluding hydrogens is 385 g/mol. The van der Waals surface area contributed by atoms with Crippen molar-refractivity contribution in [1.82, 2.24) is 0 Å². The maximum absolute atomic E-state index is 11.9. The van der Waals surface area contributed by atoms with Crippen molar-refractivity contribution in [3.8, 4) is 0 Å². The van der Waals surface area contributed by atoms with Gasteiger partial charge in [0.25, 0.3) is 0 Å². The fourth-order valence-electron chi connectivity index (χ4n) is 2.99. The molecular formula is C22H39F3O4. The van der Waals surface area contributed by atoms with E-state index in [4.69, 9.17) is 4.74 Å². The highest BCUT2D eigenvalue weighted by Crippen LogP contribution is 2.15. The second-order valence-corrected chi connectivity index (χ2v) is 7.59. The first-order chi connectivity index (χ1) is 13.8. The fraction of sp³-hybridized carbons (Fsp3) is 0.909. The van der Waals surface area contributed by atoms with Gasteiger partial charge in [0.2, 0.25) is 0 Å². The zero-order valence-corrected chi connectivity index (χ0v) is 18.0. The summed E-state index contributed by atoms with van der Waals surface area (Å²) < 4.78 is 44.8. The van der Waals surface area contributed by atoms with Gasteiger partial charge >= 0.3 is 18.1 Å². The van der Waals surface area contributed by atoms with Gasteiger partial charge < -0.3 is 9.47 Å². The maximum Gasteiger partial charge on any atom is 0.422 e. The van der Waals surface area contributed by atoms with E-state index in [-0.39, 0.29) is 19.3 Å². The zero-order chi connectivity index (χ0) is 21.8. The molecule has 0 aliphatic carbocycles. The molecule has 172 valence electrons. The van der Waals surface area contributed by atoms with Crippen molar-refractivity contribution < 1.29 is 32.2 Å². The predicted molar refractivity (Wildman–Crippen MR) is 108 cm³/mol. The van der Waals surface area contributed by atoms with Crippen LogP contribution in [-0.4, -0.2) is 31.3 Å². The molecule has 0 aliphatic rings. The number of esters is 2. The molecule has 0 saturated carbocycles. The van der Waals surface area contributed by atoms with E-state index in [0.717, 1.165) is 19.3 Å². The van der Waals surface area contributed by atoms with Crippen LogP contribution in [0.15, 0.2) is 0 Å². The highest BCUT2D eigenvalue weighted by Gasteiger charge is 2.29. The number of halogens is 3. The van der Waals surface area contributed by atoms with Gasteiger partial charge in [0.1, 0.15) is 0 Å². The average Bonchev–Trinajstić information content (AvgIpc) is 2.66. The van der Waals surface area contributed by atoms with E-state index in [2.05, 4.69) is 11.7 Å². The third kappa shape index (κ3) is 22.9. The molecule has 0 spiro atoms. The number of alkyl halides is 3. The van der Waals surface area contributed by atoms with E-state index in [0.29, 0.717) is 6.61 Å². The molecule has 0 atom stereocenters. The Bertz CT molecular complexity index is 411. The van der Waals surface area contributed by atoms with Crippen LogP contribution in [0, 0.1) is 0 Å². The Morgan fingerprint density at radius 1 is 0.621 bits per heavy atom. The molecule has 0 fully saturated rings. The molecule has 0 aromatic carbocycles. The van der Waals surface area contributed by atoms with Crippen molar-refractivity contribution in [2.24, 2.45) is 0 Å². The van der Waals surface area contributed by atoms with Gasteiger partial charge in [0, 0.05) is 12.8 Å². The largest absolute Gasteiger partial charge is 0.466 e. The molecule has 0 rings (SSSR count). The Hall–Kier alpha value is -1.27. The van der Waals surface area contributed by atoms with Crippen molar-refractivity contribution >= 4 is 11.9 Å². The number of ether oxygens (including phenoxy) is 2. The number of rotatable bonds is 19. The number of unbranched alkanes of at least 4 members (excludes halogenated alkanes) is 12. The monoisotopic (exact) mass is 424 g/mol. The topological polar surface area (TPSA) is 52.6 Å². The second-order valence-electron chi connectivity index (χ2n) is 7.59. The lowest BCUT2D eigenvalue weighted by atomic mass is 10.0. The van der Waals surface area contributed by atoms with Crippen molar-refractivity contribution in [2.45, 2.75) is 116 Å². The number of hydrogen-bond donors (Lipinski definition) is 0. The van der Waals surface area contributed by atoms with Crippen LogP contribution in [0.1, 0.15) is 110 Å². The van der Waals surface area contributed by atoms with Crippen molar-refractivity contribution in [3.63, 3.8) is 0 Å². The van der Waals surface area contributed by atoms with Gasteiger partial charge in [-0.25, -0.2) is 0 Å². The molecule has 0 saturated heterocycles. The Morgan fingerprint density at radius 2 is 1.03 bits per heavy atom.